The van der Waals surface area contributed by atoms with Crippen molar-refractivity contribution in [3.8, 4) is 0 Å². The Morgan fingerprint density at radius 1 is 1.57 bits per heavy atom. The maximum atomic E-state index is 10.5. The summed E-state index contributed by atoms with van der Waals surface area (Å²) in [6.07, 6.45) is 1.70. The summed E-state index contributed by atoms with van der Waals surface area (Å²) in [5, 5.41) is 5.38. The van der Waals surface area contributed by atoms with Gasteiger partial charge in [-0.05, 0) is 11.6 Å². The second-order valence-electron chi connectivity index (χ2n) is 2.07. The lowest BCUT2D eigenvalue weighted by atomic mass is 10.6. The molecule has 0 atom stereocenters. The van der Waals surface area contributed by atoms with Crippen molar-refractivity contribution in [3.63, 3.8) is 0 Å². The van der Waals surface area contributed by atoms with Gasteiger partial charge in [-0.15, -0.1) is 0 Å². The van der Waals surface area contributed by atoms with E-state index in [1.165, 1.54) is 6.20 Å². The van der Waals surface area contributed by atoms with Gasteiger partial charge in [0.2, 0.25) is 5.24 Å². The monoisotopic (exact) mass is 256 g/mol. The normalized spacial score (nSPS) is 8.86. The molecule has 1 N–H and O–H groups in total. The summed E-state index contributed by atoms with van der Waals surface area (Å²) in [5.74, 6) is 0. The van der Waals surface area contributed by atoms with Gasteiger partial charge in [-0.3, -0.25) is 9.59 Å². The van der Waals surface area contributed by atoms with Crippen LogP contribution < -0.4 is 5.56 Å². The van der Waals surface area contributed by atoms with Gasteiger partial charge >= 0.3 is 0 Å². The summed E-state index contributed by atoms with van der Waals surface area (Å²) in [4.78, 5) is 20.1. The molecular formula is C7H7Cl3N2O2. The largest absolute Gasteiger partial charge is 0.284 e. The van der Waals surface area contributed by atoms with E-state index in [9.17, 15) is 9.59 Å². The molecule has 1 rings (SSSR count). The summed E-state index contributed by atoms with van der Waals surface area (Å²) in [7, 11) is 0. The van der Waals surface area contributed by atoms with Crippen LogP contribution in [-0.4, -0.2) is 15.4 Å². The predicted molar refractivity (Wildman–Crippen MR) is 56.0 cm³/mol. The zero-order valence-corrected chi connectivity index (χ0v) is 9.45. The Hall–Kier alpha value is -0.580. The minimum atomic E-state index is -0.468. The van der Waals surface area contributed by atoms with E-state index in [0.29, 0.717) is 6.42 Å². The maximum absolute atomic E-state index is 10.5. The highest BCUT2D eigenvalue weighted by Gasteiger charge is 1.99. The molecule has 4 nitrogen and oxygen atoms in total. The Labute approximate surface area is 95.2 Å². The van der Waals surface area contributed by atoms with Crippen LogP contribution in [0, 0.1) is 0 Å². The number of aromatic nitrogens is 2. The van der Waals surface area contributed by atoms with Crippen molar-refractivity contribution in [2.45, 2.75) is 13.3 Å². The van der Waals surface area contributed by atoms with Gasteiger partial charge in [0.1, 0.15) is 5.02 Å². The molecule has 0 aliphatic heterocycles. The topological polar surface area (TPSA) is 62.8 Å². The van der Waals surface area contributed by atoms with E-state index in [2.05, 4.69) is 10.2 Å². The molecule has 0 saturated carbocycles. The highest BCUT2D eigenvalue weighted by molar-refractivity contribution is 6.63. The van der Waals surface area contributed by atoms with Crippen LogP contribution in [0.2, 0.25) is 10.0 Å². The molecule has 1 heterocycles. The first kappa shape index (κ1) is 13.4. The number of carbonyl (C=O) groups excluding carboxylic acids is 1. The molecule has 7 heteroatoms. The SMILES string of the molecule is CCC(=O)Cl.O=c1[nH]ncc(Cl)c1Cl. The van der Waals surface area contributed by atoms with Crippen molar-refractivity contribution in [1.82, 2.24) is 10.2 Å². The molecule has 0 aliphatic carbocycles. The third-order valence-corrected chi connectivity index (χ3v) is 2.06. The van der Waals surface area contributed by atoms with E-state index in [4.69, 9.17) is 34.8 Å². The second kappa shape index (κ2) is 6.81. The summed E-state index contributed by atoms with van der Waals surface area (Å²) < 4.78 is 0. The highest BCUT2D eigenvalue weighted by Crippen LogP contribution is 2.13. The molecule has 1 aromatic heterocycles. The molecule has 0 spiro atoms. The van der Waals surface area contributed by atoms with Gasteiger partial charge in [0, 0.05) is 6.42 Å². The second-order valence-corrected chi connectivity index (χ2v) is 3.28. The van der Waals surface area contributed by atoms with E-state index in [-0.39, 0.29) is 15.3 Å². The minimum absolute atomic E-state index is 0.0216. The number of nitrogens with one attached hydrogen (secondary N) is 1. The van der Waals surface area contributed by atoms with Gasteiger partial charge in [0.25, 0.3) is 5.56 Å². The molecule has 0 aromatic carbocycles. The molecule has 0 radical (unpaired) electrons. The average molecular weight is 258 g/mol. The van der Waals surface area contributed by atoms with Crippen LogP contribution in [-0.2, 0) is 4.79 Å². The van der Waals surface area contributed by atoms with Gasteiger partial charge in [-0.1, -0.05) is 30.1 Å². The number of carbonyl (C=O) groups is 1. The third kappa shape index (κ3) is 5.21. The third-order valence-electron chi connectivity index (χ3n) is 1.03. The summed E-state index contributed by atoms with van der Waals surface area (Å²) in [5.41, 5.74) is -0.468. The van der Waals surface area contributed by atoms with E-state index >= 15 is 0 Å². The molecule has 78 valence electrons. The molecule has 0 aliphatic rings. The van der Waals surface area contributed by atoms with Crippen LogP contribution in [0.4, 0.5) is 0 Å². The lowest BCUT2D eigenvalue weighted by molar-refractivity contribution is -0.111. The first-order valence-electron chi connectivity index (χ1n) is 3.56. The van der Waals surface area contributed by atoms with Crippen LogP contribution in [0.3, 0.4) is 0 Å². The molecule has 0 fully saturated rings. The van der Waals surface area contributed by atoms with Crippen LogP contribution in [0.1, 0.15) is 13.3 Å². The Kier molecular flexibility index (Phi) is 6.53. The summed E-state index contributed by atoms with van der Waals surface area (Å²) in [6.45, 7) is 1.72. The van der Waals surface area contributed by atoms with Gasteiger partial charge < -0.3 is 0 Å². The quantitative estimate of drug-likeness (QED) is 0.785. The molecule has 14 heavy (non-hydrogen) atoms. The Morgan fingerprint density at radius 3 is 2.36 bits per heavy atom. The van der Waals surface area contributed by atoms with Gasteiger partial charge in [0.15, 0.2) is 0 Å². The zero-order chi connectivity index (χ0) is 11.1. The molecule has 1 aromatic rings. The maximum Gasteiger partial charge on any atom is 0.284 e. The molecule has 0 amide bonds. The Bertz CT molecular complexity index is 364. The fraction of sp³-hybridized carbons (Fsp3) is 0.286. The van der Waals surface area contributed by atoms with E-state index in [1.54, 1.807) is 6.92 Å². The van der Waals surface area contributed by atoms with Gasteiger partial charge in [-0.2, -0.15) is 5.10 Å². The van der Waals surface area contributed by atoms with E-state index in [0.717, 1.165) is 0 Å². The Morgan fingerprint density at radius 2 is 2.07 bits per heavy atom. The van der Waals surface area contributed by atoms with Crippen molar-refractivity contribution in [1.29, 1.82) is 0 Å². The van der Waals surface area contributed by atoms with Crippen LogP contribution in [0.5, 0.6) is 0 Å². The van der Waals surface area contributed by atoms with Crippen molar-refractivity contribution in [3.05, 3.63) is 26.6 Å². The zero-order valence-electron chi connectivity index (χ0n) is 7.18. The highest BCUT2D eigenvalue weighted by atomic mass is 35.5. The lowest BCUT2D eigenvalue weighted by Crippen LogP contribution is -2.07. The van der Waals surface area contributed by atoms with Crippen LogP contribution >= 0.6 is 34.8 Å². The number of nitrogens with zero attached hydrogens (tertiary/aromatic N) is 1. The summed E-state index contributed by atoms with van der Waals surface area (Å²) in [6, 6.07) is 0. The lowest BCUT2D eigenvalue weighted by Gasteiger charge is -1.87. The van der Waals surface area contributed by atoms with Gasteiger partial charge in [-0.25, -0.2) is 5.10 Å². The number of hydrogen-bond donors (Lipinski definition) is 1. The van der Waals surface area contributed by atoms with Crippen LogP contribution in [0.25, 0.3) is 0 Å². The number of hydrogen-bond acceptors (Lipinski definition) is 3. The molecular weight excluding hydrogens is 250 g/mol. The van der Waals surface area contributed by atoms with Crippen molar-refractivity contribution in [2.75, 3.05) is 0 Å². The molecule has 0 saturated heterocycles. The number of halogens is 3. The fourth-order valence-corrected chi connectivity index (χ4v) is 0.587. The number of H-pyrrole nitrogens is 1. The van der Waals surface area contributed by atoms with Crippen molar-refractivity contribution >= 4 is 40.0 Å². The van der Waals surface area contributed by atoms with E-state index in [1.807, 2.05) is 0 Å². The molecule has 0 bridgehead atoms. The van der Waals surface area contributed by atoms with Gasteiger partial charge in [0.05, 0.1) is 11.2 Å². The van der Waals surface area contributed by atoms with Crippen LogP contribution in [0.15, 0.2) is 11.0 Å². The molecule has 0 unspecified atom stereocenters. The van der Waals surface area contributed by atoms with Crippen molar-refractivity contribution < 1.29 is 4.79 Å². The summed E-state index contributed by atoms with van der Waals surface area (Å²) >= 11 is 15.6. The average Bonchev–Trinajstić information content (AvgIpc) is 2.15. The minimum Gasteiger partial charge on any atom is -0.281 e. The predicted octanol–water partition coefficient (Wildman–Crippen LogP) is 2.24. The van der Waals surface area contributed by atoms with E-state index < -0.39 is 5.56 Å². The standard InChI is InChI=1S/C4H2Cl2N2O.C3H5ClO/c5-2-1-7-8-4(9)3(2)6;1-2-3(4)5/h1H,(H,8,9);2H2,1H3. The number of rotatable bonds is 1. The first-order chi connectivity index (χ1) is 6.49. The smallest absolute Gasteiger partial charge is 0.281 e. The Balaban J connectivity index is 0.000000292. The fourth-order valence-electron chi connectivity index (χ4n) is 0.362. The van der Waals surface area contributed by atoms with Crippen molar-refractivity contribution in [2.24, 2.45) is 0 Å². The number of aromatic amines is 1. The first-order valence-corrected chi connectivity index (χ1v) is 4.69.